The molecule has 21 heavy (non-hydrogen) atoms. The van der Waals surface area contributed by atoms with Crippen molar-refractivity contribution < 1.29 is 14.8 Å². The van der Waals surface area contributed by atoms with Crippen LogP contribution in [0.1, 0.15) is 34.2 Å². The number of nitro benzene ring substituents is 1. The smallest absolute Gasteiger partial charge is 0.358 e. The Morgan fingerprint density at radius 2 is 2.10 bits per heavy atom. The maximum Gasteiger partial charge on any atom is 0.358 e. The molecule has 8 heteroatoms. The number of rotatable bonds is 4. The van der Waals surface area contributed by atoms with Crippen LogP contribution in [0.25, 0.3) is 5.69 Å². The average Bonchev–Trinajstić information content (AvgIpc) is 2.82. The van der Waals surface area contributed by atoms with Crippen molar-refractivity contribution in [3.63, 3.8) is 0 Å². The minimum atomic E-state index is -1.17. The second kappa shape index (κ2) is 5.31. The number of aryl methyl sites for hydroxylation is 1. The fourth-order valence-corrected chi connectivity index (χ4v) is 2.31. The predicted molar refractivity (Wildman–Crippen MR) is 73.8 cm³/mol. The zero-order valence-electron chi connectivity index (χ0n) is 11.8. The summed E-state index contributed by atoms with van der Waals surface area (Å²) in [6, 6.07) is 3.04. The third kappa shape index (κ3) is 2.35. The molecule has 0 radical (unpaired) electrons. The zero-order chi connectivity index (χ0) is 15.7. The van der Waals surface area contributed by atoms with Gasteiger partial charge in [0.15, 0.2) is 5.69 Å². The van der Waals surface area contributed by atoms with E-state index >= 15 is 0 Å². The Kier molecular flexibility index (Phi) is 3.70. The van der Waals surface area contributed by atoms with Gasteiger partial charge in [-0.1, -0.05) is 18.2 Å². The van der Waals surface area contributed by atoms with Crippen LogP contribution in [0.2, 0.25) is 0 Å². The van der Waals surface area contributed by atoms with E-state index in [1.165, 1.54) is 10.7 Å². The lowest BCUT2D eigenvalue weighted by Gasteiger charge is -2.12. The molecule has 110 valence electrons. The molecule has 0 saturated carbocycles. The van der Waals surface area contributed by atoms with Crippen LogP contribution in [-0.4, -0.2) is 31.0 Å². The lowest BCUT2D eigenvalue weighted by Crippen LogP contribution is -2.09. The van der Waals surface area contributed by atoms with E-state index in [0.717, 1.165) is 5.56 Å². The molecule has 8 nitrogen and oxygen atoms in total. The minimum Gasteiger partial charge on any atom is -0.476 e. The minimum absolute atomic E-state index is 0.0370. The van der Waals surface area contributed by atoms with Crippen molar-refractivity contribution in [3.8, 4) is 5.69 Å². The van der Waals surface area contributed by atoms with Gasteiger partial charge in [-0.15, -0.1) is 5.10 Å². The number of carbonyl (C=O) groups is 1. The molecule has 0 aliphatic rings. The molecule has 0 unspecified atom stereocenters. The fraction of sp³-hybridized carbons (Fsp3) is 0.308. The highest BCUT2D eigenvalue weighted by atomic mass is 16.6. The van der Waals surface area contributed by atoms with Crippen LogP contribution in [0.4, 0.5) is 5.69 Å². The van der Waals surface area contributed by atoms with Crippen LogP contribution in [-0.2, 0) is 6.42 Å². The molecule has 1 N–H and O–H groups in total. The van der Waals surface area contributed by atoms with Gasteiger partial charge in [0.05, 0.1) is 21.9 Å². The van der Waals surface area contributed by atoms with Crippen molar-refractivity contribution in [1.82, 2.24) is 15.0 Å². The van der Waals surface area contributed by atoms with Crippen molar-refractivity contribution in [2.45, 2.75) is 27.2 Å². The molecule has 1 aromatic carbocycles. The average molecular weight is 290 g/mol. The lowest BCUT2D eigenvalue weighted by molar-refractivity contribution is -0.385. The van der Waals surface area contributed by atoms with Crippen molar-refractivity contribution in [2.24, 2.45) is 0 Å². The number of nitro groups is 1. The predicted octanol–water partition coefficient (Wildman–Crippen LogP) is 2.05. The summed E-state index contributed by atoms with van der Waals surface area (Å²) in [5, 5.41) is 27.7. The Hall–Kier alpha value is -2.77. The SMILES string of the molecule is CCc1c(C(=O)O)nnn1-c1c(C)ccc([N+](=O)[O-])c1C. The molecule has 1 heterocycles. The molecule has 0 aliphatic carbocycles. The van der Waals surface area contributed by atoms with E-state index < -0.39 is 10.9 Å². The van der Waals surface area contributed by atoms with E-state index in [2.05, 4.69) is 10.3 Å². The highest BCUT2D eigenvalue weighted by Crippen LogP contribution is 2.28. The molecule has 0 aliphatic heterocycles. The van der Waals surface area contributed by atoms with Gasteiger partial charge in [0.1, 0.15) is 0 Å². The zero-order valence-corrected chi connectivity index (χ0v) is 11.8. The number of carboxylic acid groups (broad SMARTS) is 1. The van der Waals surface area contributed by atoms with Gasteiger partial charge in [-0.2, -0.15) is 0 Å². The standard InChI is InChI=1S/C13H14N4O4/c1-4-9-11(13(18)19)14-15-16(9)12-7(2)5-6-10(8(12)3)17(20)21/h5-6H,4H2,1-3H3,(H,18,19). The summed E-state index contributed by atoms with van der Waals surface area (Å²) in [5.41, 5.74) is 1.93. The maximum absolute atomic E-state index is 11.1. The Labute approximate surface area is 120 Å². The first-order valence-electron chi connectivity index (χ1n) is 6.31. The van der Waals surface area contributed by atoms with Gasteiger partial charge in [0.25, 0.3) is 5.69 Å². The van der Waals surface area contributed by atoms with Crippen LogP contribution < -0.4 is 0 Å². The summed E-state index contributed by atoms with van der Waals surface area (Å²) in [5.74, 6) is -1.17. The normalized spacial score (nSPS) is 10.6. The third-order valence-corrected chi connectivity index (χ3v) is 3.31. The van der Waals surface area contributed by atoms with Crippen LogP contribution in [0, 0.1) is 24.0 Å². The summed E-state index contributed by atoms with van der Waals surface area (Å²) in [7, 11) is 0. The van der Waals surface area contributed by atoms with Crippen molar-refractivity contribution in [1.29, 1.82) is 0 Å². The number of nitrogens with zero attached hydrogens (tertiary/aromatic N) is 4. The Bertz CT molecular complexity index is 736. The second-order valence-electron chi connectivity index (χ2n) is 4.59. The van der Waals surface area contributed by atoms with E-state index in [-0.39, 0.29) is 11.4 Å². The van der Waals surface area contributed by atoms with Crippen LogP contribution >= 0.6 is 0 Å². The maximum atomic E-state index is 11.1. The van der Waals surface area contributed by atoms with Gasteiger partial charge in [-0.25, -0.2) is 9.48 Å². The first kappa shape index (κ1) is 14.6. The van der Waals surface area contributed by atoms with Crippen LogP contribution in [0.15, 0.2) is 12.1 Å². The number of hydrogen-bond acceptors (Lipinski definition) is 5. The second-order valence-corrected chi connectivity index (χ2v) is 4.59. The Balaban J connectivity index is 2.76. The summed E-state index contributed by atoms with van der Waals surface area (Å²) in [6.45, 7) is 5.18. The van der Waals surface area contributed by atoms with Crippen LogP contribution in [0.5, 0.6) is 0 Å². The van der Waals surface area contributed by atoms with Gasteiger partial charge >= 0.3 is 5.97 Å². The molecule has 0 spiro atoms. The lowest BCUT2D eigenvalue weighted by atomic mass is 10.1. The van der Waals surface area contributed by atoms with Crippen molar-refractivity contribution >= 4 is 11.7 Å². The first-order chi connectivity index (χ1) is 9.88. The fourth-order valence-electron chi connectivity index (χ4n) is 2.31. The molecule has 0 amide bonds. The largest absolute Gasteiger partial charge is 0.476 e. The molecule has 1 aromatic heterocycles. The van der Waals surface area contributed by atoms with Crippen LogP contribution in [0.3, 0.4) is 0 Å². The number of benzene rings is 1. The van der Waals surface area contributed by atoms with Crippen molar-refractivity contribution in [2.75, 3.05) is 0 Å². The highest BCUT2D eigenvalue weighted by Gasteiger charge is 2.23. The third-order valence-electron chi connectivity index (χ3n) is 3.31. The topological polar surface area (TPSA) is 111 Å². The number of aromatic nitrogens is 3. The van der Waals surface area contributed by atoms with E-state index in [1.54, 1.807) is 26.8 Å². The molecular formula is C13H14N4O4. The molecule has 0 fully saturated rings. The first-order valence-corrected chi connectivity index (χ1v) is 6.31. The summed E-state index contributed by atoms with van der Waals surface area (Å²) in [4.78, 5) is 21.7. The van der Waals surface area contributed by atoms with Gasteiger partial charge in [-0.05, 0) is 25.8 Å². The Morgan fingerprint density at radius 1 is 1.43 bits per heavy atom. The number of hydrogen-bond donors (Lipinski definition) is 1. The van der Waals surface area contributed by atoms with Gasteiger partial charge < -0.3 is 5.11 Å². The summed E-state index contributed by atoms with van der Waals surface area (Å²) < 4.78 is 1.38. The number of aromatic carboxylic acids is 1. The van der Waals surface area contributed by atoms with Gasteiger partial charge in [0, 0.05) is 6.07 Å². The molecule has 0 bridgehead atoms. The van der Waals surface area contributed by atoms with Crippen molar-refractivity contribution in [3.05, 3.63) is 44.8 Å². The quantitative estimate of drug-likeness (QED) is 0.681. The van der Waals surface area contributed by atoms with E-state index in [4.69, 9.17) is 5.11 Å². The molecule has 0 saturated heterocycles. The van der Waals surface area contributed by atoms with Gasteiger partial charge in [-0.3, -0.25) is 10.1 Å². The highest BCUT2D eigenvalue weighted by molar-refractivity contribution is 5.86. The Morgan fingerprint density at radius 3 is 2.62 bits per heavy atom. The molecular weight excluding hydrogens is 276 g/mol. The molecule has 0 atom stereocenters. The molecule has 2 rings (SSSR count). The van der Waals surface area contributed by atoms with Gasteiger partial charge in [0.2, 0.25) is 0 Å². The van der Waals surface area contributed by atoms with E-state index in [9.17, 15) is 14.9 Å². The summed E-state index contributed by atoms with van der Waals surface area (Å²) in [6.07, 6.45) is 0.399. The number of carboxylic acids is 1. The van der Waals surface area contributed by atoms with E-state index in [0.29, 0.717) is 23.4 Å². The summed E-state index contributed by atoms with van der Waals surface area (Å²) >= 11 is 0. The molecule has 2 aromatic rings. The van der Waals surface area contributed by atoms with E-state index in [1.807, 2.05) is 0 Å². The monoisotopic (exact) mass is 290 g/mol.